The van der Waals surface area contributed by atoms with Crippen LogP contribution in [0.5, 0.6) is 23.0 Å². The van der Waals surface area contributed by atoms with Crippen LogP contribution in [0.1, 0.15) is 20.7 Å². The van der Waals surface area contributed by atoms with Crippen LogP contribution in [-0.2, 0) is 9.59 Å². The van der Waals surface area contributed by atoms with Crippen LogP contribution >= 0.6 is 0 Å². The highest BCUT2D eigenvalue weighted by Crippen LogP contribution is 2.26. The van der Waals surface area contributed by atoms with Crippen molar-refractivity contribution in [1.29, 1.82) is 0 Å². The van der Waals surface area contributed by atoms with Crippen molar-refractivity contribution in [3.05, 3.63) is 121 Å². The predicted molar refractivity (Wildman–Crippen MR) is 138 cm³/mol. The van der Waals surface area contributed by atoms with Crippen LogP contribution < -0.4 is 18.9 Å². The molecule has 0 aromatic heterocycles. The van der Waals surface area contributed by atoms with Gasteiger partial charge in [0.25, 0.3) is 0 Å². The highest BCUT2D eigenvalue weighted by Gasteiger charge is 2.12. The lowest BCUT2D eigenvalue weighted by molar-refractivity contribution is -0.129. The van der Waals surface area contributed by atoms with Crippen molar-refractivity contribution in [2.24, 2.45) is 0 Å². The van der Waals surface area contributed by atoms with Gasteiger partial charge in [0.1, 0.15) is 23.0 Å². The van der Waals surface area contributed by atoms with Gasteiger partial charge in [-0.2, -0.15) is 0 Å². The van der Waals surface area contributed by atoms with E-state index in [0.29, 0.717) is 11.5 Å². The van der Waals surface area contributed by atoms with E-state index in [9.17, 15) is 19.2 Å². The van der Waals surface area contributed by atoms with Crippen molar-refractivity contribution in [2.75, 3.05) is 0 Å². The zero-order valence-electron chi connectivity index (χ0n) is 19.9. The number of hydrogen-bond acceptors (Lipinski definition) is 8. The fraction of sp³-hybridized carbons (Fsp3) is 0. The Morgan fingerprint density at radius 1 is 0.474 bits per heavy atom. The molecule has 38 heavy (non-hydrogen) atoms. The van der Waals surface area contributed by atoms with E-state index in [-0.39, 0.29) is 22.6 Å². The Hall–Kier alpha value is -5.50. The number of fused-ring (bicyclic) bond motifs is 1. The van der Waals surface area contributed by atoms with Gasteiger partial charge in [0, 0.05) is 12.2 Å². The third-order valence-electron chi connectivity index (χ3n) is 5.15. The maximum absolute atomic E-state index is 12.5. The number of carbonyl (C=O) groups is 4. The van der Waals surface area contributed by atoms with Crippen LogP contribution in [0.2, 0.25) is 0 Å². The third-order valence-corrected chi connectivity index (χ3v) is 5.15. The second-order valence-electron chi connectivity index (χ2n) is 7.75. The Kier molecular flexibility index (Phi) is 7.74. The second-order valence-corrected chi connectivity index (χ2v) is 7.75. The molecule has 0 radical (unpaired) electrons. The Bertz CT molecular complexity index is 1430. The largest absolute Gasteiger partial charge is 0.423 e. The van der Waals surface area contributed by atoms with E-state index in [1.807, 2.05) is 0 Å². The zero-order valence-corrected chi connectivity index (χ0v) is 19.9. The van der Waals surface area contributed by atoms with E-state index < -0.39 is 23.9 Å². The molecule has 0 saturated heterocycles. The summed E-state index contributed by atoms with van der Waals surface area (Å²) in [7, 11) is 0. The van der Waals surface area contributed by atoms with Gasteiger partial charge in [-0.3, -0.25) is 0 Å². The summed E-state index contributed by atoms with van der Waals surface area (Å²) in [5.74, 6) is -1.16. The molecule has 0 spiro atoms. The van der Waals surface area contributed by atoms with Crippen LogP contribution in [0, 0.1) is 0 Å². The third kappa shape index (κ3) is 6.38. The number of hydrogen-bond donors (Lipinski definition) is 0. The first-order valence-electron chi connectivity index (χ1n) is 11.2. The zero-order chi connectivity index (χ0) is 27.1. The fourth-order valence-corrected chi connectivity index (χ4v) is 3.29. The van der Waals surface area contributed by atoms with Gasteiger partial charge in [-0.15, -0.1) is 0 Å². The highest BCUT2D eigenvalue weighted by molar-refractivity contribution is 5.94. The van der Waals surface area contributed by atoms with E-state index >= 15 is 0 Å². The van der Waals surface area contributed by atoms with Crippen molar-refractivity contribution in [2.45, 2.75) is 0 Å². The van der Waals surface area contributed by atoms with Crippen molar-refractivity contribution in [3.63, 3.8) is 0 Å². The van der Waals surface area contributed by atoms with Gasteiger partial charge < -0.3 is 18.9 Å². The summed E-state index contributed by atoms with van der Waals surface area (Å²) in [6, 6.07) is 21.9. The van der Waals surface area contributed by atoms with Gasteiger partial charge in [0.05, 0.1) is 11.1 Å². The summed E-state index contributed by atoms with van der Waals surface area (Å²) in [6.45, 7) is 6.65. The maximum atomic E-state index is 12.5. The lowest BCUT2D eigenvalue weighted by Gasteiger charge is -2.09. The standard InChI is InChI=1S/C30H20O8/c1-3-27(31)35-23-11-5-19(6-12-23)29(33)37-25-15-9-22-18-26(16-10-21(22)17-25)38-30(34)20-7-13-24(14-8-20)36-28(32)4-2/h3-18H,1-2H2. The van der Waals surface area contributed by atoms with Crippen molar-refractivity contribution in [3.8, 4) is 23.0 Å². The molecule has 4 rings (SSSR count). The highest BCUT2D eigenvalue weighted by atomic mass is 16.5. The van der Waals surface area contributed by atoms with Gasteiger partial charge in [-0.05, 0) is 83.6 Å². The summed E-state index contributed by atoms with van der Waals surface area (Å²) in [4.78, 5) is 47.5. The minimum Gasteiger partial charge on any atom is -0.423 e. The molecule has 0 fully saturated rings. The van der Waals surface area contributed by atoms with Gasteiger partial charge >= 0.3 is 23.9 Å². The number of esters is 4. The van der Waals surface area contributed by atoms with Gasteiger partial charge in [0.15, 0.2) is 0 Å². The summed E-state index contributed by atoms with van der Waals surface area (Å²) >= 11 is 0. The first kappa shape index (κ1) is 25.6. The molecule has 0 unspecified atom stereocenters. The maximum Gasteiger partial charge on any atom is 0.343 e. The minimum atomic E-state index is -0.600. The normalized spacial score (nSPS) is 10.2. The average Bonchev–Trinajstić information content (AvgIpc) is 2.93. The Morgan fingerprint density at radius 2 is 0.816 bits per heavy atom. The summed E-state index contributed by atoms with van der Waals surface area (Å²) in [5, 5.41) is 1.52. The molecule has 0 amide bonds. The van der Waals surface area contributed by atoms with Crippen LogP contribution in [0.15, 0.2) is 110 Å². The monoisotopic (exact) mass is 508 g/mol. The Labute approximate surface area is 217 Å². The molecule has 8 heteroatoms. The fourth-order valence-electron chi connectivity index (χ4n) is 3.29. The molecule has 0 bridgehead atoms. The molecule has 0 saturated carbocycles. The average molecular weight is 508 g/mol. The first-order valence-corrected chi connectivity index (χ1v) is 11.2. The smallest absolute Gasteiger partial charge is 0.343 e. The molecule has 0 aliphatic carbocycles. The SMILES string of the molecule is C=CC(=O)Oc1ccc(C(=O)Oc2ccc3cc(OC(=O)c4ccc(OC(=O)C=C)cc4)ccc3c2)cc1. The summed E-state index contributed by atoms with van der Waals surface area (Å²) < 4.78 is 20.9. The van der Waals surface area contributed by atoms with E-state index in [1.165, 1.54) is 48.5 Å². The molecule has 4 aromatic rings. The number of carbonyl (C=O) groups excluding carboxylic acids is 4. The number of ether oxygens (including phenoxy) is 4. The minimum absolute atomic E-state index is 0.276. The molecule has 8 nitrogen and oxygen atoms in total. The van der Waals surface area contributed by atoms with Crippen LogP contribution in [0.4, 0.5) is 0 Å². The van der Waals surface area contributed by atoms with Gasteiger partial charge in [-0.1, -0.05) is 25.3 Å². The van der Waals surface area contributed by atoms with Gasteiger partial charge in [-0.25, -0.2) is 19.2 Å². The topological polar surface area (TPSA) is 105 Å². The lowest BCUT2D eigenvalue weighted by atomic mass is 10.1. The quantitative estimate of drug-likeness (QED) is 0.176. The molecule has 0 N–H and O–H groups in total. The van der Waals surface area contributed by atoms with Crippen LogP contribution in [-0.4, -0.2) is 23.9 Å². The summed E-state index contributed by atoms with van der Waals surface area (Å²) in [5.41, 5.74) is 0.551. The molecule has 0 heterocycles. The van der Waals surface area contributed by atoms with E-state index in [4.69, 9.17) is 18.9 Å². The van der Waals surface area contributed by atoms with E-state index in [2.05, 4.69) is 13.2 Å². The van der Waals surface area contributed by atoms with Crippen molar-refractivity contribution >= 4 is 34.6 Å². The molecule has 0 aliphatic heterocycles. The molecule has 0 aliphatic rings. The molecular weight excluding hydrogens is 488 g/mol. The Balaban J connectivity index is 1.40. The van der Waals surface area contributed by atoms with E-state index in [0.717, 1.165) is 22.9 Å². The van der Waals surface area contributed by atoms with Crippen molar-refractivity contribution in [1.82, 2.24) is 0 Å². The lowest BCUT2D eigenvalue weighted by Crippen LogP contribution is -2.09. The van der Waals surface area contributed by atoms with Crippen LogP contribution in [0.25, 0.3) is 10.8 Å². The molecule has 188 valence electrons. The predicted octanol–water partition coefficient (Wildman–Crippen LogP) is 5.46. The van der Waals surface area contributed by atoms with E-state index in [1.54, 1.807) is 36.4 Å². The Morgan fingerprint density at radius 3 is 1.16 bits per heavy atom. The molecule has 4 aromatic carbocycles. The molecular formula is C30H20O8. The van der Waals surface area contributed by atoms with Gasteiger partial charge in [0.2, 0.25) is 0 Å². The number of benzene rings is 4. The van der Waals surface area contributed by atoms with Crippen LogP contribution in [0.3, 0.4) is 0 Å². The molecule has 0 atom stereocenters. The van der Waals surface area contributed by atoms with Crippen molar-refractivity contribution < 1.29 is 38.1 Å². The summed E-state index contributed by atoms with van der Waals surface area (Å²) in [6.07, 6.45) is 2.08. The first-order chi connectivity index (χ1) is 18.3. The second kappa shape index (κ2) is 11.5. The number of rotatable bonds is 8.